The summed E-state index contributed by atoms with van der Waals surface area (Å²) in [5, 5.41) is 0. The van der Waals surface area contributed by atoms with E-state index in [0.717, 1.165) is 12.6 Å². The summed E-state index contributed by atoms with van der Waals surface area (Å²) in [7, 11) is 0. The van der Waals surface area contributed by atoms with Gasteiger partial charge in [0.2, 0.25) is 0 Å². The van der Waals surface area contributed by atoms with Crippen LogP contribution in [-0.2, 0) is 0 Å². The lowest BCUT2D eigenvalue weighted by Crippen LogP contribution is -2.49. The maximum atomic E-state index is 5.77. The highest BCUT2D eigenvalue weighted by Gasteiger charge is 2.20. The van der Waals surface area contributed by atoms with Crippen LogP contribution in [0.15, 0.2) is 0 Å². The Labute approximate surface area is 120 Å². The Morgan fingerprint density at radius 3 is 2.26 bits per heavy atom. The van der Waals surface area contributed by atoms with Gasteiger partial charge in [-0.2, -0.15) is 0 Å². The Bertz CT molecular complexity index is 232. The minimum Gasteiger partial charge on any atom is -0.330 e. The van der Waals surface area contributed by atoms with Gasteiger partial charge in [0, 0.05) is 32.2 Å². The number of nitrogens with two attached hydrogens (primary N) is 1. The van der Waals surface area contributed by atoms with E-state index in [-0.39, 0.29) is 0 Å². The van der Waals surface area contributed by atoms with Gasteiger partial charge in [-0.05, 0) is 44.7 Å². The van der Waals surface area contributed by atoms with Gasteiger partial charge in [0.05, 0.1) is 0 Å². The number of hydrogen-bond donors (Lipinski definition) is 1. The van der Waals surface area contributed by atoms with E-state index in [4.69, 9.17) is 5.73 Å². The maximum absolute atomic E-state index is 5.77. The highest BCUT2D eigenvalue weighted by Crippen LogP contribution is 2.21. The van der Waals surface area contributed by atoms with E-state index in [1.165, 1.54) is 58.4 Å². The molecule has 1 heterocycles. The van der Waals surface area contributed by atoms with Crippen molar-refractivity contribution in [3.8, 4) is 0 Å². The molecule has 0 radical (unpaired) electrons. The van der Waals surface area contributed by atoms with Crippen LogP contribution in [0.2, 0.25) is 0 Å². The first kappa shape index (κ1) is 16.9. The third-order valence-electron chi connectivity index (χ3n) is 4.75. The molecule has 0 saturated carbocycles. The number of nitrogens with zero attached hydrogens (tertiary/aromatic N) is 2. The summed E-state index contributed by atoms with van der Waals surface area (Å²) >= 11 is 0. The largest absolute Gasteiger partial charge is 0.330 e. The van der Waals surface area contributed by atoms with Gasteiger partial charge in [-0.25, -0.2) is 0 Å². The third-order valence-corrected chi connectivity index (χ3v) is 4.75. The van der Waals surface area contributed by atoms with Gasteiger partial charge in [-0.15, -0.1) is 0 Å². The van der Waals surface area contributed by atoms with Crippen molar-refractivity contribution in [2.24, 2.45) is 11.1 Å². The summed E-state index contributed by atoms with van der Waals surface area (Å²) in [4.78, 5) is 5.27. The van der Waals surface area contributed by atoms with Crippen molar-refractivity contribution in [2.75, 3.05) is 39.3 Å². The summed E-state index contributed by atoms with van der Waals surface area (Å²) in [6, 6.07) is 0.757. The molecule has 1 aliphatic rings. The molecule has 1 saturated heterocycles. The van der Waals surface area contributed by atoms with Crippen LogP contribution < -0.4 is 5.73 Å². The fourth-order valence-corrected chi connectivity index (χ4v) is 2.73. The molecule has 1 unspecified atom stereocenters. The smallest absolute Gasteiger partial charge is 0.0113 e. The Balaban J connectivity index is 2.10. The molecule has 1 aliphatic heterocycles. The summed E-state index contributed by atoms with van der Waals surface area (Å²) in [6.07, 6.45) is 5.17. The zero-order valence-corrected chi connectivity index (χ0v) is 13.6. The van der Waals surface area contributed by atoms with Crippen molar-refractivity contribution in [1.29, 1.82) is 0 Å². The second-order valence-electron chi connectivity index (χ2n) is 6.96. The molecule has 114 valence electrons. The molecule has 19 heavy (non-hydrogen) atoms. The van der Waals surface area contributed by atoms with E-state index < -0.39 is 0 Å². The van der Waals surface area contributed by atoms with Crippen LogP contribution in [0.4, 0.5) is 0 Å². The van der Waals surface area contributed by atoms with Crippen molar-refractivity contribution in [1.82, 2.24) is 9.80 Å². The van der Waals surface area contributed by atoms with Crippen molar-refractivity contribution in [3.05, 3.63) is 0 Å². The van der Waals surface area contributed by atoms with Gasteiger partial charge in [0.1, 0.15) is 0 Å². The van der Waals surface area contributed by atoms with Gasteiger partial charge >= 0.3 is 0 Å². The van der Waals surface area contributed by atoms with E-state index in [1.807, 2.05) is 0 Å². The number of piperazine rings is 1. The molecule has 3 heteroatoms. The summed E-state index contributed by atoms with van der Waals surface area (Å²) < 4.78 is 0. The quantitative estimate of drug-likeness (QED) is 0.687. The molecule has 1 rings (SSSR count). The van der Waals surface area contributed by atoms with Crippen LogP contribution in [0.5, 0.6) is 0 Å². The average molecular weight is 269 g/mol. The minimum atomic E-state index is 0.329. The highest BCUT2D eigenvalue weighted by molar-refractivity contribution is 4.76. The molecule has 0 bridgehead atoms. The molecule has 1 fully saturated rings. The van der Waals surface area contributed by atoms with Crippen LogP contribution in [0, 0.1) is 5.41 Å². The first-order valence-electron chi connectivity index (χ1n) is 8.15. The molecule has 3 nitrogen and oxygen atoms in total. The molecule has 0 aromatic heterocycles. The molecule has 0 amide bonds. The molecular formula is C16H35N3. The third kappa shape index (κ3) is 6.24. The summed E-state index contributed by atoms with van der Waals surface area (Å²) in [6.45, 7) is 16.3. The monoisotopic (exact) mass is 269 g/mol. The molecule has 0 aromatic rings. The number of rotatable bonds is 8. The predicted molar refractivity (Wildman–Crippen MR) is 84.5 cm³/mol. The molecule has 1 atom stereocenters. The fraction of sp³-hybridized carbons (Fsp3) is 1.00. The number of unbranched alkanes of at least 4 members (excludes halogenated alkanes) is 1. The lowest BCUT2D eigenvalue weighted by molar-refractivity contribution is 0.0988. The van der Waals surface area contributed by atoms with Crippen LogP contribution in [-0.4, -0.2) is 55.1 Å². The number of hydrogen-bond acceptors (Lipinski definition) is 3. The SMILES string of the molecule is CCC(C)N1CCN(CCCCC(C)(C)CN)CC1. The second kappa shape index (κ2) is 8.23. The van der Waals surface area contributed by atoms with Gasteiger partial charge in [0.25, 0.3) is 0 Å². The van der Waals surface area contributed by atoms with E-state index >= 15 is 0 Å². The second-order valence-corrected chi connectivity index (χ2v) is 6.96. The summed E-state index contributed by atoms with van der Waals surface area (Å²) in [5.41, 5.74) is 6.10. The zero-order chi connectivity index (χ0) is 14.3. The topological polar surface area (TPSA) is 32.5 Å². The molecule has 0 aromatic carbocycles. The summed E-state index contributed by atoms with van der Waals surface area (Å²) in [5.74, 6) is 0. The highest BCUT2D eigenvalue weighted by atomic mass is 15.3. The predicted octanol–water partition coefficient (Wildman–Crippen LogP) is 2.56. The first-order valence-corrected chi connectivity index (χ1v) is 8.15. The Morgan fingerprint density at radius 2 is 1.74 bits per heavy atom. The van der Waals surface area contributed by atoms with E-state index in [9.17, 15) is 0 Å². The van der Waals surface area contributed by atoms with Crippen molar-refractivity contribution in [2.45, 2.75) is 59.4 Å². The lowest BCUT2D eigenvalue weighted by atomic mass is 9.87. The fourth-order valence-electron chi connectivity index (χ4n) is 2.73. The minimum absolute atomic E-state index is 0.329. The van der Waals surface area contributed by atoms with E-state index in [2.05, 4.69) is 37.5 Å². The molecule has 2 N–H and O–H groups in total. The normalized spacial score (nSPS) is 20.7. The maximum Gasteiger partial charge on any atom is 0.0113 e. The van der Waals surface area contributed by atoms with Gasteiger partial charge < -0.3 is 10.6 Å². The van der Waals surface area contributed by atoms with E-state index in [1.54, 1.807) is 0 Å². The Hall–Kier alpha value is -0.120. The molecule has 0 aliphatic carbocycles. The Kier molecular flexibility index (Phi) is 7.33. The average Bonchev–Trinajstić information content (AvgIpc) is 2.43. The van der Waals surface area contributed by atoms with Crippen LogP contribution in [0.25, 0.3) is 0 Å². The Morgan fingerprint density at radius 1 is 1.11 bits per heavy atom. The lowest BCUT2D eigenvalue weighted by Gasteiger charge is -2.38. The van der Waals surface area contributed by atoms with Crippen molar-refractivity contribution in [3.63, 3.8) is 0 Å². The van der Waals surface area contributed by atoms with Crippen LogP contribution in [0.1, 0.15) is 53.4 Å². The van der Waals surface area contributed by atoms with Gasteiger partial charge in [0.15, 0.2) is 0 Å². The van der Waals surface area contributed by atoms with E-state index in [0.29, 0.717) is 5.41 Å². The molecule has 0 spiro atoms. The zero-order valence-electron chi connectivity index (χ0n) is 13.6. The van der Waals surface area contributed by atoms with Crippen molar-refractivity contribution >= 4 is 0 Å². The molecular weight excluding hydrogens is 234 g/mol. The first-order chi connectivity index (χ1) is 8.98. The standard InChI is InChI=1S/C16H35N3/c1-5-15(2)19-12-10-18(11-13-19)9-7-6-8-16(3,4)14-17/h15H,5-14,17H2,1-4H3. The van der Waals surface area contributed by atoms with Crippen LogP contribution >= 0.6 is 0 Å². The van der Waals surface area contributed by atoms with Gasteiger partial charge in [-0.3, -0.25) is 4.90 Å². The van der Waals surface area contributed by atoms with Crippen LogP contribution in [0.3, 0.4) is 0 Å². The van der Waals surface area contributed by atoms with Gasteiger partial charge in [-0.1, -0.05) is 27.2 Å². The van der Waals surface area contributed by atoms with Crippen molar-refractivity contribution < 1.29 is 0 Å².